The van der Waals surface area contributed by atoms with Gasteiger partial charge in [0.15, 0.2) is 5.67 Å². The van der Waals surface area contributed by atoms with Crippen molar-refractivity contribution in [1.82, 2.24) is 10.2 Å². The summed E-state index contributed by atoms with van der Waals surface area (Å²) in [6.07, 6.45) is -0.421. The summed E-state index contributed by atoms with van der Waals surface area (Å²) in [5.41, 5.74) is -1.08. The fourth-order valence-corrected chi connectivity index (χ4v) is 5.67. The molecule has 190 valence electrons. The SMILES string of the molecule is N=C(CNC(=O)c1ccc2sc3ccccc3c2c1)N1C[C@@](F)(CF)CC1C(=O)OCc1ccccc1. The summed E-state index contributed by atoms with van der Waals surface area (Å²) in [7, 11) is 0. The Bertz CT molecular complexity index is 1480. The summed E-state index contributed by atoms with van der Waals surface area (Å²) in [6, 6.07) is 21.2. The van der Waals surface area contributed by atoms with E-state index in [1.165, 1.54) is 4.90 Å². The van der Waals surface area contributed by atoms with Gasteiger partial charge in [0.25, 0.3) is 5.91 Å². The zero-order valence-electron chi connectivity index (χ0n) is 19.9. The number of hydrogen-bond acceptors (Lipinski definition) is 5. The number of amides is 1. The number of carbonyl (C=O) groups is 2. The van der Waals surface area contributed by atoms with Crippen LogP contribution < -0.4 is 5.32 Å². The summed E-state index contributed by atoms with van der Waals surface area (Å²) in [4.78, 5) is 26.8. The van der Waals surface area contributed by atoms with Crippen molar-refractivity contribution in [3.8, 4) is 0 Å². The van der Waals surface area contributed by atoms with Gasteiger partial charge in [0.05, 0.1) is 13.1 Å². The van der Waals surface area contributed by atoms with Gasteiger partial charge in [-0.25, -0.2) is 13.6 Å². The second kappa shape index (κ2) is 10.3. The second-order valence-corrected chi connectivity index (χ2v) is 10.2. The summed E-state index contributed by atoms with van der Waals surface area (Å²) < 4.78 is 35.9. The lowest BCUT2D eigenvalue weighted by atomic mass is 10.0. The molecule has 5 rings (SSSR count). The van der Waals surface area contributed by atoms with E-state index >= 15 is 0 Å². The highest BCUT2D eigenvalue weighted by molar-refractivity contribution is 7.25. The van der Waals surface area contributed by atoms with E-state index in [9.17, 15) is 18.4 Å². The molecule has 0 aliphatic carbocycles. The number of ether oxygens (including phenoxy) is 1. The smallest absolute Gasteiger partial charge is 0.329 e. The van der Waals surface area contributed by atoms with E-state index in [1.54, 1.807) is 41.7 Å². The first kappa shape index (κ1) is 24.8. The van der Waals surface area contributed by atoms with Crippen LogP contribution in [0.3, 0.4) is 0 Å². The molecular weight excluding hydrogens is 496 g/mol. The Hall–Kier alpha value is -3.85. The molecule has 2 atom stereocenters. The van der Waals surface area contributed by atoms with Crippen LogP contribution in [0.15, 0.2) is 72.8 Å². The maximum absolute atomic E-state index is 14.9. The number of rotatable bonds is 7. The van der Waals surface area contributed by atoms with Crippen molar-refractivity contribution in [2.24, 2.45) is 0 Å². The van der Waals surface area contributed by atoms with Gasteiger partial charge in [0.2, 0.25) is 0 Å². The molecule has 1 aliphatic heterocycles. The number of benzene rings is 3. The van der Waals surface area contributed by atoms with Gasteiger partial charge in [-0.05, 0) is 29.8 Å². The first-order valence-corrected chi connectivity index (χ1v) is 12.7. The topological polar surface area (TPSA) is 82.5 Å². The zero-order valence-corrected chi connectivity index (χ0v) is 20.7. The highest BCUT2D eigenvalue weighted by atomic mass is 32.1. The molecule has 1 fully saturated rings. The summed E-state index contributed by atoms with van der Waals surface area (Å²) >= 11 is 1.64. The third kappa shape index (κ3) is 5.17. The molecule has 2 heterocycles. The van der Waals surface area contributed by atoms with Gasteiger partial charge in [-0.1, -0.05) is 48.5 Å². The monoisotopic (exact) mass is 521 g/mol. The minimum atomic E-state index is -2.27. The standard InChI is InChI=1S/C28H25F2N3O3S/c29-16-28(30)13-22(27(35)36-15-18-6-2-1-3-7-18)33(17-28)25(31)14-32-26(34)19-10-11-24-21(12-19)20-8-4-5-9-23(20)37-24/h1-12,22,31H,13-17H2,(H,32,34)/t22?,28-/m0/s1. The molecule has 37 heavy (non-hydrogen) atoms. The van der Waals surface area contributed by atoms with E-state index in [4.69, 9.17) is 10.1 Å². The Labute approximate surface area is 216 Å². The van der Waals surface area contributed by atoms with Crippen molar-refractivity contribution >= 4 is 49.2 Å². The molecule has 3 aromatic carbocycles. The van der Waals surface area contributed by atoms with Gasteiger partial charge < -0.3 is 15.0 Å². The second-order valence-electron chi connectivity index (χ2n) is 9.16. The zero-order chi connectivity index (χ0) is 26.0. The number of carbonyl (C=O) groups excluding carboxylic acids is 2. The number of amidine groups is 1. The van der Waals surface area contributed by atoms with Crippen LogP contribution in [0.5, 0.6) is 0 Å². The summed E-state index contributed by atoms with van der Waals surface area (Å²) in [6.45, 7) is -1.99. The summed E-state index contributed by atoms with van der Waals surface area (Å²) in [5.74, 6) is -1.32. The van der Waals surface area contributed by atoms with E-state index in [0.717, 1.165) is 25.7 Å². The molecule has 1 unspecified atom stereocenters. The Morgan fingerprint density at radius 2 is 1.78 bits per heavy atom. The minimum Gasteiger partial charge on any atom is -0.459 e. The number of nitrogens with one attached hydrogen (secondary N) is 2. The lowest BCUT2D eigenvalue weighted by molar-refractivity contribution is -0.149. The van der Waals surface area contributed by atoms with Crippen LogP contribution in [0.2, 0.25) is 0 Å². The van der Waals surface area contributed by atoms with Crippen molar-refractivity contribution in [3.05, 3.63) is 83.9 Å². The van der Waals surface area contributed by atoms with Crippen molar-refractivity contribution in [2.75, 3.05) is 19.8 Å². The van der Waals surface area contributed by atoms with Crippen LogP contribution in [-0.2, 0) is 16.1 Å². The van der Waals surface area contributed by atoms with Gasteiger partial charge in [0.1, 0.15) is 25.2 Å². The molecule has 0 spiro atoms. The lowest BCUT2D eigenvalue weighted by Gasteiger charge is -2.25. The van der Waals surface area contributed by atoms with Crippen molar-refractivity contribution in [1.29, 1.82) is 5.41 Å². The molecule has 2 N–H and O–H groups in total. The van der Waals surface area contributed by atoms with Crippen LogP contribution in [-0.4, -0.2) is 54.1 Å². The number of nitrogens with zero attached hydrogens (tertiary/aromatic N) is 1. The van der Waals surface area contributed by atoms with E-state index in [-0.39, 0.29) is 19.0 Å². The largest absolute Gasteiger partial charge is 0.459 e. The molecule has 1 amide bonds. The maximum atomic E-state index is 14.9. The van der Waals surface area contributed by atoms with E-state index < -0.39 is 43.2 Å². The molecule has 1 aromatic heterocycles. The van der Waals surface area contributed by atoms with Crippen LogP contribution in [0.4, 0.5) is 8.78 Å². The number of alkyl halides is 2. The van der Waals surface area contributed by atoms with Crippen molar-refractivity contribution in [2.45, 2.75) is 24.7 Å². The Morgan fingerprint density at radius 3 is 2.57 bits per heavy atom. The average Bonchev–Trinajstić information content (AvgIpc) is 3.49. The number of hydrogen-bond donors (Lipinski definition) is 2. The fraction of sp³-hybridized carbons (Fsp3) is 0.250. The van der Waals surface area contributed by atoms with E-state index in [0.29, 0.717) is 5.56 Å². The number of likely N-dealkylation sites (tertiary alicyclic amines) is 1. The predicted molar refractivity (Wildman–Crippen MR) is 141 cm³/mol. The van der Waals surface area contributed by atoms with Crippen molar-refractivity contribution < 1.29 is 23.1 Å². The van der Waals surface area contributed by atoms with Crippen LogP contribution in [0.1, 0.15) is 22.3 Å². The average molecular weight is 522 g/mol. The Kier molecular flexibility index (Phi) is 6.88. The van der Waals surface area contributed by atoms with Gasteiger partial charge in [0, 0.05) is 32.2 Å². The number of thiophene rings is 1. The van der Waals surface area contributed by atoms with E-state index in [1.807, 2.05) is 42.5 Å². The first-order chi connectivity index (χ1) is 17.9. The molecule has 1 saturated heterocycles. The third-order valence-electron chi connectivity index (χ3n) is 6.53. The molecular formula is C28H25F2N3O3S. The quantitative estimate of drug-likeness (QED) is 0.198. The Balaban J connectivity index is 1.26. The van der Waals surface area contributed by atoms with Gasteiger partial charge >= 0.3 is 5.97 Å². The third-order valence-corrected chi connectivity index (χ3v) is 7.68. The van der Waals surface area contributed by atoms with Gasteiger partial charge in [-0.3, -0.25) is 10.2 Å². The minimum absolute atomic E-state index is 0.0112. The molecule has 0 saturated carbocycles. The number of fused-ring (bicyclic) bond motifs is 3. The van der Waals surface area contributed by atoms with Gasteiger partial charge in [-0.2, -0.15) is 0 Å². The predicted octanol–water partition coefficient (Wildman–Crippen LogP) is 5.26. The molecule has 1 aliphatic rings. The normalized spacial score (nSPS) is 19.3. The highest BCUT2D eigenvalue weighted by Crippen LogP contribution is 2.34. The molecule has 4 aromatic rings. The van der Waals surface area contributed by atoms with Crippen LogP contribution in [0, 0.1) is 5.41 Å². The lowest BCUT2D eigenvalue weighted by Crippen LogP contribution is -2.46. The van der Waals surface area contributed by atoms with Gasteiger partial charge in [-0.15, -0.1) is 11.3 Å². The Morgan fingerprint density at radius 1 is 1.05 bits per heavy atom. The number of esters is 1. The molecule has 0 bridgehead atoms. The first-order valence-electron chi connectivity index (χ1n) is 11.9. The molecule has 9 heteroatoms. The molecule has 0 radical (unpaired) electrons. The van der Waals surface area contributed by atoms with Crippen molar-refractivity contribution in [3.63, 3.8) is 0 Å². The maximum Gasteiger partial charge on any atom is 0.329 e. The highest BCUT2D eigenvalue weighted by Gasteiger charge is 2.49. The van der Waals surface area contributed by atoms with Crippen LogP contribution in [0.25, 0.3) is 20.2 Å². The van der Waals surface area contributed by atoms with E-state index in [2.05, 4.69) is 5.32 Å². The fourth-order valence-electron chi connectivity index (χ4n) is 4.59. The van der Waals surface area contributed by atoms with Crippen LogP contribution >= 0.6 is 11.3 Å². The molecule has 6 nitrogen and oxygen atoms in total. The number of halogens is 2. The summed E-state index contributed by atoms with van der Waals surface area (Å²) in [5, 5.41) is 13.1.